The molecule has 224 valence electrons. The summed E-state index contributed by atoms with van der Waals surface area (Å²) in [6.45, 7) is 4.02. The van der Waals surface area contributed by atoms with Crippen LogP contribution in [0.5, 0.6) is 0 Å². The van der Waals surface area contributed by atoms with E-state index >= 15 is 0 Å². The first-order valence-electron chi connectivity index (χ1n) is 11.6. The average molecular weight is 565 g/mol. The lowest BCUT2D eigenvalue weighted by Crippen LogP contribution is -2.50. The van der Waals surface area contributed by atoms with Gasteiger partial charge in [-0.05, 0) is 48.3 Å². The van der Waals surface area contributed by atoms with E-state index in [1.807, 2.05) is 0 Å². The quantitative estimate of drug-likeness (QED) is 0.0974. The fraction of sp³-hybridized carbons (Fsp3) is 0.652. The van der Waals surface area contributed by atoms with E-state index in [0.717, 1.165) is 0 Å². The maximum Gasteiger partial charge on any atom is 0.326 e. The predicted octanol–water partition coefficient (Wildman–Crippen LogP) is -1.74. The van der Waals surface area contributed by atoms with Crippen LogP contribution in [0.2, 0.25) is 0 Å². The van der Waals surface area contributed by atoms with E-state index < -0.39 is 54.3 Å². The molecule has 39 heavy (non-hydrogen) atoms. The number of Topliss-reactive ketones (excluding diaryl/α,β-unsaturated/α-hetero) is 3. The second-order valence-electron chi connectivity index (χ2n) is 8.18. The van der Waals surface area contributed by atoms with Gasteiger partial charge in [-0.3, -0.25) is 33.6 Å². The minimum atomic E-state index is -1.35. The number of likely N-dealkylation sites (N-methyl/N-ethyl adjacent to an activating group) is 3. The molecule has 0 aliphatic rings. The molecule has 4 atom stereocenters. The first kappa shape index (κ1) is 39.7. The van der Waals surface area contributed by atoms with E-state index in [1.165, 1.54) is 27.8 Å². The molecule has 0 aromatic rings. The van der Waals surface area contributed by atoms with E-state index in [0.29, 0.717) is 6.42 Å². The first-order chi connectivity index (χ1) is 17.9. The molecule has 16 heteroatoms. The minimum Gasteiger partial charge on any atom is -0.481 e. The zero-order valence-electron chi connectivity index (χ0n) is 22.9. The summed E-state index contributed by atoms with van der Waals surface area (Å²) in [6, 6.07) is -3.25. The molecule has 0 radical (unpaired) electrons. The summed E-state index contributed by atoms with van der Waals surface area (Å²) in [5.41, 5.74) is 0. The highest BCUT2D eigenvalue weighted by Crippen LogP contribution is 1.99. The van der Waals surface area contributed by atoms with Gasteiger partial charge in [-0.15, -0.1) is 0 Å². The molecule has 0 rings (SSSR count). The molecule has 4 unspecified atom stereocenters. The Morgan fingerprint density at radius 2 is 0.974 bits per heavy atom. The van der Waals surface area contributed by atoms with Gasteiger partial charge < -0.3 is 41.7 Å². The van der Waals surface area contributed by atoms with Crippen molar-refractivity contribution in [3.05, 3.63) is 0 Å². The van der Waals surface area contributed by atoms with Crippen LogP contribution in [0.4, 0.5) is 0 Å². The van der Waals surface area contributed by atoms with Crippen LogP contribution in [-0.2, 0) is 38.4 Å². The Kier molecular flexibility index (Phi) is 22.7. The van der Waals surface area contributed by atoms with Gasteiger partial charge >= 0.3 is 23.9 Å². The van der Waals surface area contributed by atoms with Crippen LogP contribution in [-0.4, -0.2) is 113 Å². The van der Waals surface area contributed by atoms with Gasteiger partial charge in [0.25, 0.3) is 0 Å². The second-order valence-corrected chi connectivity index (χ2v) is 8.18. The Hall–Kier alpha value is -3.76. The number of rotatable bonds is 17. The number of hydrogen-bond acceptors (Lipinski definition) is 11. The maximum atomic E-state index is 11.6. The van der Waals surface area contributed by atoms with Gasteiger partial charge in [0.1, 0.15) is 23.4 Å². The maximum absolute atomic E-state index is 11.6. The molecule has 16 nitrogen and oxygen atoms in total. The standard InChI is InChI=1S/C10H16N2O6.C7H13NO3.C6H11NO3/c1-5(13)3-7(10(17)18)12-9(16)6(11-2)4-8(14)15;1-5(9)6(8-2)3-4-7(10)11;1-4(8)5(7-2)3-6(9)10/h6-7,11H,3-4H2,1-2H3,(H,12,16)(H,14,15)(H,17,18);6,8H,3-4H2,1-2H3,(H,10,11);5,7H,3H2,1-2H3,(H,9,10). The molecular formula is C23H40N4O12. The molecule has 1 amide bonds. The number of carbonyl (C=O) groups is 8. The van der Waals surface area contributed by atoms with Crippen LogP contribution in [0.3, 0.4) is 0 Å². The van der Waals surface area contributed by atoms with Crippen molar-refractivity contribution in [2.24, 2.45) is 0 Å². The number of carboxylic acid groups (broad SMARTS) is 4. The summed E-state index contributed by atoms with van der Waals surface area (Å²) in [6.07, 6.45) is -0.572. The normalized spacial score (nSPS) is 13.0. The van der Waals surface area contributed by atoms with Crippen molar-refractivity contribution in [3.8, 4) is 0 Å². The Morgan fingerprint density at radius 3 is 1.23 bits per heavy atom. The molecule has 0 saturated heterocycles. The number of amides is 1. The van der Waals surface area contributed by atoms with E-state index in [1.54, 1.807) is 14.1 Å². The van der Waals surface area contributed by atoms with Crippen molar-refractivity contribution in [1.82, 2.24) is 21.3 Å². The zero-order valence-corrected chi connectivity index (χ0v) is 22.9. The van der Waals surface area contributed by atoms with E-state index in [9.17, 15) is 38.4 Å². The van der Waals surface area contributed by atoms with E-state index in [2.05, 4.69) is 21.3 Å². The first-order valence-corrected chi connectivity index (χ1v) is 11.6. The Balaban J connectivity index is -0.000000532. The van der Waals surface area contributed by atoms with E-state index in [4.69, 9.17) is 20.4 Å². The third kappa shape index (κ3) is 23.1. The lowest BCUT2D eigenvalue weighted by molar-refractivity contribution is -0.144. The molecule has 0 aliphatic heterocycles. The Morgan fingerprint density at radius 1 is 0.564 bits per heavy atom. The largest absolute Gasteiger partial charge is 0.481 e. The lowest BCUT2D eigenvalue weighted by Gasteiger charge is -2.18. The number of ketones is 3. The highest BCUT2D eigenvalue weighted by atomic mass is 16.4. The van der Waals surface area contributed by atoms with Crippen LogP contribution in [0.1, 0.15) is 52.9 Å². The molecule has 0 heterocycles. The highest BCUT2D eigenvalue weighted by Gasteiger charge is 2.26. The van der Waals surface area contributed by atoms with Gasteiger partial charge in [-0.2, -0.15) is 0 Å². The second kappa shape index (κ2) is 22.2. The summed E-state index contributed by atoms with van der Waals surface area (Å²) in [4.78, 5) is 85.2. The molecule has 8 N–H and O–H groups in total. The predicted molar refractivity (Wildman–Crippen MR) is 136 cm³/mol. The van der Waals surface area contributed by atoms with E-state index in [-0.39, 0.29) is 42.7 Å². The van der Waals surface area contributed by atoms with Crippen molar-refractivity contribution in [1.29, 1.82) is 0 Å². The van der Waals surface area contributed by atoms with Crippen LogP contribution in [0.25, 0.3) is 0 Å². The smallest absolute Gasteiger partial charge is 0.326 e. The summed E-state index contributed by atoms with van der Waals surface area (Å²) in [5.74, 6) is -5.69. The summed E-state index contributed by atoms with van der Waals surface area (Å²) in [7, 11) is 4.59. The van der Waals surface area contributed by atoms with Gasteiger partial charge in [0, 0.05) is 12.8 Å². The molecule has 0 fully saturated rings. The number of aliphatic carboxylic acids is 4. The average Bonchev–Trinajstić information content (AvgIpc) is 2.80. The number of carbonyl (C=O) groups excluding carboxylic acids is 4. The SMILES string of the molecule is CNC(CC(=O)O)C(=O)NC(CC(C)=O)C(=O)O.CNC(CC(=O)O)C(C)=O.CNC(CCC(=O)O)C(C)=O. The van der Waals surface area contributed by atoms with Crippen molar-refractivity contribution < 1.29 is 58.8 Å². The monoisotopic (exact) mass is 564 g/mol. The molecule has 0 aromatic heterocycles. The van der Waals surface area contributed by atoms with Crippen molar-refractivity contribution in [2.45, 2.75) is 77.0 Å². The minimum absolute atomic E-state index is 0.0197. The molecule has 0 bridgehead atoms. The summed E-state index contributed by atoms with van der Waals surface area (Å²) in [5, 5.41) is 43.9. The fourth-order valence-electron chi connectivity index (χ4n) is 2.70. The molecule has 0 spiro atoms. The molecular weight excluding hydrogens is 524 g/mol. The third-order valence-electron chi connectivity index (χ3n) is 4.85. The van der Waals surface area contributed by atoms with Gasteiger partial charge in [-0.25, -0.2) is 4.79 Å². The third-order valence-corrected chi connectivity index (χ3v) is 4.85. The van der Waals surface area contributed by atoms with Crippen LogP contribution in [0.15, 0.2) is 0 Å². The van der Waals surface area contributed by atoms with Gasteiger partial charge in [0.15, 0.2) is 0 Å². The lowest BCUT2D eigenvalue weighted by atomic mass is 10.1. The molecule has 0 aromatic carbocycles. The molecule has 0 aliphatic carbocycles. The zero-order chi connectivity index (χ0) is 31.3. The number of hydrogen-bond donors (Lipinski definition) is 8. The summed E-state index contributed by atoms with van der Waals surface area (Å²) >= 11 is 0. The molecule has 0 saturated carbocycles. The van der Waals surface area contributed by atoms with Crippen molar-refractivity contribution in [2.75, 3.05) is 21.1 Å². The van der Waals surface area contributed by atoms with Crippen molar-refractivity contribution in [3.63, 3.8) is 0 Å². The Bertz CT molecular complexity index is 862. The Labute approximate surface area is 225 Å². The number of carboxylic acids is 4. The van der Waals surface area contributed by atoms with Gasteiger partial charge in [0.2, 0.25) is 5.91 Å². The summed E-state index contributed by atoms with van der Waals surface area (Å²) < 4.78 is 0. The fourth-order valence-corrected chi connectivity index (χ4v) is 2.70. The van der Waals surface area contributed by atoms with Gasteiger partial charge in [-0.1, -0.05) is 0 Å². The highest BCUT2D eigenvalue weighted by molar-refractivity contribution is 5.92. The topological polar surface area (TPSA) is 266 Å². The van der Waals surface area contributed by atoms with Crippen LogP contribution < -0.4 is 21.3 Å². The van der Waals surface area contributed by atoms with Crippen LogP contribution in [0, 0.1) is 0 Å². The van der Waals surface area contributed by atoms with Crippen LogP contribution >= 0.6 is 0 Å². The van der Waals surface area contributed by atoms with Crippen molar-refractivity contribution >= 4 is 47.1 Å². The van der Waals surface area contributed by atoms with Gasteiger partial charge in [0.05, 0.1) is 31.0 Å². The number of nitrogens with one attached hydrogen (secondary N) is 4.